The van der Waals surface area contributed by atoms with Crippen molar-refractivity contribution in [1.29, 1.82) is 5.41 Å². The molecule has 0 amide bonds. The van der Waals surface area contributed by atoms with Crippen LogP contribution in [-0.2, 0) is 4.74 Å². The second-order valence-electron chi connectivity index (χ2n) is 5.18. The van der Waals surface area contributed by atoms with Gasteiger partial charge >= 0.3 is 0 Å². The summed E-state index contributed by atoms with van der Waals surface area (Å²) in [4.78, 5) is 0. The SMILES string of the molecule is COC1CCCC(Oc2cc(C)ccc2C(=N)N)C1. The molecule has 0 bridgehead atoms. The zero-order chi connectivity index (χ0) is 13.8. The quantitative estimate of drug-likeness (QED) is 0.647. The summed E-state index contributed by atoms with van der Waals surface area (Å²) in [6.07, 6.45) is 4.59. The minimum absolute atomic E-state index is 0.0501. The Kier molecular flexibility index (Phi) is 4.43. The van der Waals surface area contributed by atoms with Gasteiger partial charge in [-0.3, -0.25) is 5.41 Å². The van der Waals surface area contributed by atoms with Gasteiger partial charge in [-0.05, 0) is 43.9 Å². The molecule has 1 saturated carbocycles. The minimum atomic E-state index is 0.0501. The molecule has 19 heavy (non-hydrogen) atoms. The topological polar surface area (TPSA) is 68.3 Å². The van der Waals surface area contributed by atoms with Crippen molar-refractivity contribution in [2.75, 3.05) is 7.11 Å². The lowest BCUT2D eigenvalue weighted by Crippen LogP contribution is -2.30. The average Bonchev–Trinajstić information content (AvgIpc) is 2.38. The lowest BCUT2D eigenvalue weighted by Gasteiger charge is -2.29. The van der Waals surface area contributed by atoms with Crippen LogP contribution in [0.2, 0.25) is 0 Å². The molecule has 1 aliphatic carbocycles. The summed E-state index contributed by atoms with van der Waals surface area (Å²) in [5.41, 5.74) is 7.38. The molecule has 0 aromatic heterocycles. The van der Waals surface area contributed by atoms with E-state index in [1.54, 1.807) is 7.11 Å². The van der Waals surface area contributed by atoms with E-state index < -0.39 is 0 Å². The van der Waals surface area contributed by atoms with Crippen LogP contribution in [0.3, 0.4) is 0 Å². The number of hydrogen-bond acceptors (Lipinski definition) is 3. The zero-order valence-corrected chi connectivity index (χ0v) is 11.6. The van der Waals surface area contributed by atoms with Crippen LogP contribution in [0.1, 0.15) is 36.8 Å². The number of aryl methyl sites for hydroxylation is 1. The molecule has 2 unspecified atom stereocenters. The van der Waals surface area contributed by atoms with E-state index in [4.69, 9.17) is 20.6 Å². The van der Waals surface area contributed by atoms with E-state index in [9.17, 15) is 0 Å². The molecule has 2 rings (SSSR count). The van der Waals surface area contributed by atoms with Gasteiger partial charge in [0.05, 0.1) is 11.7 Å². The number of amidine groups is 1. The van der Waals surface area contributed by atoms with Crippen molar-refractivity contribution in [3.8, 4) is 5.75 Å². The predicted octanol–water partition coefficient (Wildman–Crippen LogP) is 2.62. The molecular weight excluding hydrogens is 240 g/mol. The van der Waals surface area contributed by atoms with Crippen molar-refractivity contribution in [2.24, 2.45) is 5.73 Å². The van der Waals surface area contributed by atoms with E-state index in [1.807, 2.05) is 25.1 Å². The van der Waals surface area contributed by atoms with Crippen molar-refractivity contribution in [2.45, 2.75) is 44.8 Å². The van der Waals surface area contributed by atoms with Gasteiger partial charge in [0, 0.05) is 13.5 Å². The van der Waals surface area contributed by atoms with Gasteiger partial charge in [-0.25, -0.2) is 0 Å². The number of nitrogens with one attached hydrogen (secondary N) is 1. The second kappa shape index (κ2) is 6.06. The first-order chi connectivity index (χ1) is 9.10. The van der Waals surface area contributed by atoms with Crippen molar-refractivity contribution in [1.82, 2.24) is 0 Å². The van der Waals surface area contributed by atoms with Crippen LogP contribution >= 0.6 is 0 Å². The summed E-state index contributed by atoms with van der Waals surface area (Å²) in [6.45, 7) is 2.01. The Hall–Kier alpha value is -1.55. The highest BCUT2D eigenvalue weighted by Gasteiger charge is 2.24. The Morgan fingerprint density at radius 3 is 2.74 bits per heavy atom. The maximum Gasteiger partial charge on any atom is 0.130 e. The van der Waals surface area contributed by atoms with Gasteiger partial charge in [0.1, 0.15) is 17.7 Å². The van der Waals surface area contributed by atoms with Crippen molar-refractivity contribution >= 4 is 5.84 Å². The van der Waals surface area contributed by atoms with E-state index in [2.05, 4.69) is 0 Å². The summed E-state index contributed by atoms with van der Waals surface area (Å²) in [5.74, 6) is 0.767. The zero-order valence-electron chi connectivity index (χ0n) is 11.6. The molecule has 104 valence electrons. The number of ether oxygens (including phenoxy) is 2. The Balaban J connectivity index is 2.13. The van der Waals surface area contributed by atoms with Gasteiger partial charge in [0.25, 0.3) is 0 Å². The fourth-order valence-corrected chi connectivity index (χ4v) is 2.55. The molecule has 1 aromatic rings. The summed E-state index contributed by atoms with van der Waals surface area (Å²) in [7, 11) is 1.75. The highest BCUT2D eigenvalue weighted by Crippen LogP contribution is 2.28. The monoisotopic (exact) mass is 262 g/mol. The Morgan fingerprint density at radius 2 is 2.05 bits per heavy atom. The van der Waals surface area contributed by atoms with Crippen molar-refractivity contribution in [3.05, 3.63) is 29.3 Å². The molecule has 1 aliphatic rings. The molecule has 0 aliphatic heterocycles. The molecule has 3 N–H and O–H groups in total. The number of hydrogen-bond donors (Lipinski definition) is 2. The summed E-state index contributed by atoms with van der Waals surface area (Å²) in [6, 6.07) is 5.75. The molecular formula is C15H22N2O2. The molecule has 1 fully saturated rings. The largest absolute Gasteiger partial charge is 0.490 e. The smallest absolute Gasteiger partial charge is 0.130 e. The lowest BCUT2D eigenvalue weighted by atomic mass is 9.94. The first-order valence-electron chi connectivity index (χ1n) is 6.74. The first-order valence-corrected chi connectivity index (χ1v) is 6.74. The standard InChI is InChI=1S/C15H22N2O2/c1-10-6-7-13(15(16)17)14(8-10)19-12-5-3-4-11(9-12)18-2/h6-8,11-12H,3-5,9H2,1-2H3,(H3,16,17). The van der Waals surface area contributed by atoms with E-state index in [-0.39, 0.29) is 18.0 Å². The van der Waals surface area contributed by atoms with Crippen molar-refractivity contribution < 1.29 is 9.47 Å². The fraction of sp³-hybridized carbons (Fsp3) is 0.533. The Morgan fingerprint density at radius 1 is 1.32 bits per heavy atom. The maximum atomic E-state index is 7.61. The van der Waals surface area contributed by atoms with E-state index in [1.165, 1.54) is 0 Å². The van der Waals surface area contributed by atoms with E-state index in [0.717, 1.165) is 31.2 Å². The van der Waals surface area contributed by atoms with Crippen LogP contribution in [0.15, 0.2) is 18.2 Å². The van der Waals surface area contributed by atoms with E-state index in [0.29, 0.717) is 11.3 Å². The summed E-state index contributed by atoms with van der Waals surface area (Å²) in [5, 5.41) is 7.61. The number of methoxy groups -OCH3 is 1. The molecule has 0 spiro atoms. The number of nitrogens with two attached hydrogens (primary N) is 1. The normalized spacial score (nSPS) is 23.1. The van der Waals surface area contributed by atoms with Crippen LogP contribution in [-0.4, -0.2) is 25.2 Å². The lowest BCUT2D eigenvalue weighted by molar-refractivity contribution is 0.0209. The van der Waals surface area contributed by atoms with Gasteiger partial charge in [-0.15, -0.1) is 0 Å². The number of rotatable bonds is 4. The number of benzene rings is 1. The average molecular weight is 262 g/mol. The van der Waals surface area contributed by atoms with Crippen LogP contribution in [0, 0.1) is 12.3 Å². The highest BCUT2D eigenvalue weighted by molar-refractivity contribution is 5.97. The number of nitrogen functional groups attached to an aromatic ring is 1. The van der Waals surface area contributed by atoms with Gasteiger partial charge < -0.3 is 15.2 Å². The summed E-state index contributed by atoms with van der Waals surface area (Å²) >= 11 is 0. The predicted molar refractivity (Wildman–Crippen MR) is 75.9 cm³/mol. The van der Waals surface area contributed by atoms with E-state index >= 15 is 0 Å². The highest BCUT2D eigenvalue weighted by atomic mass is 16.5. The molecule has 0 heterocycles. The third kappa shape index (κ3) is 3.47. The summed E-state index contributed by atoms with van der Waals surface area (Å²) < 4.78 is 11.5. The first kappa shape index (κ1) is 13.9. The maximum absolute atomic E-state index is 7.61. The van der Waals surface area contributed by atoms with Crippen LogP contribution in [0.5, 0.6) is 5.75 Å². The molecule has 4 heteroatoms. The van der Waals surface area contributed by atoms with Gasteiger partial charge in [-0.1, -0.05) is 6.07 Å². The molecule has 0 saturated heterocycles. The van der Waals surface area contributed by atoms with Gasteiger partial charge in [0.2, 0.25) is 0 Å². The molecule has 1 aromatic carbocycles. The molecule has 0 radical (unpaired) electrons. The van der Waals surface area contributed by atoms with Gasteiger partial charge in [0.15, 0.2) is 0 Å². The van der Waals surface area contributed by atoms with Crippen molar-refractivity contribution in [3.63, 3.8) is 0 Å². The third-order valence-corrected chi connectivity index (χ3v) is 3.63. The van der Waals surface area contributed by atoms with Crippen LogP contribution in [0.4, 0.5) is 0 Å². The molecule has 4 nitrogen and oxygen atoms in total. The Labute approximate surface area is 114 Å². The van der Waals surface area contributed by atoms with Crippen LogP contribution in [0.25, 0.3) is 0 Å². The fourth-order valence-electron chi connectivity index (χ4n) is 2.55. The molecule has 2 atom stereocenters. The van der Waals surface area contributed by atoms with Gasteiger partial charge in [-0.2, -0.15) is 0 Å². The minimum Gasteiger partial charge on any atom is -0.490 e. The second-order valence-corrected chi connectivity index (χ2v) is 5.18. The third-order valence-electron chi connectivity index (χ3n) is 3.63. The Bertz CT molecular complexity index is 459. The van der Waals surface area contributed by atoms with Crippen LogP contribution < -0.4 is 10.5 Å².